The summed E-state index contributed by atoms with van der Waals surface area (Å²) < 4.78 is 0. The molecule has 4 atom stereocenters. The molecule has 2 saturated carbocycles. The van der Waals surface area contributed by atoms with Gasteiger partial charge in [-0.2, -0.15) is 0 Å². The van der Waals surface area contributed by atoms with Crippen molar-refractivity contribution in [2.24, 2.45) is 34.2 Å². The van der Waals surface area contributed by atoms with Gasteiger partial charge in [0.05, 0.1) is 5.71 Å². The lowest BCUT2D eigenvalue weighted by Crippen LogP contribution is -2.43. The molecule has 0 amide bonds. The third-order valence-electron chi connectivity index (χ3n) is 5.16. The zero-order valence-electron chi connectivity index (χ0n) is 11.1. The molecule has 0 heterocycles. The topological polar surface area (TPSA) is 35.8 Å². The van der Waals surface area contributed by atoms with Crippen LogP contribution in [-0.4, -0.2) is 36.5 Å². The molecule has 2 rings (SSSR count). The first-order chi connectivity index (χ1) is 7.39. The lowest BCUT2D eigenvalue weighted by Gasteiger charge is -2.41. The molecule has 2 aliphatic rings. The highest BCUT2D eigenvalue weighted by molar-refractivity contribution is 5.92. The largest absolute Gasteiger partial charge is 0.411 e. The first-order valence-corrected chi connectivity index (χ1v) is 6.26. The molecule has 3 heteroatoms. The van der Waals surface area contributed by atoms with Gasteiger partial charge in [-0.25, -0.2) is 0 Å². The van der Waals surface area contributed by atoms with Crippen LogP contribution in [0.4, 0.5) is 0 Å². The van der Waals surface area contributed by atoms with Crippen LogP contribution >= 0.6 is 0 Å². The molecule has 0 aromatic heterocycles. The van der Waals surface area contributed by atoms with Crippen LogP contribution in [0.2, 0.25) is 0 Å². The van der Waals surface area contributed by atoms with Gasteiger partial charge in [0.25, 0.3) is 0 Å². The highest BCUT2D eigenvalue weighted by Crippen LogP contribution is 2.60. The third kappa shape index (κ3) is 1.48. The third-order valence-corrected chi connectivity index (χ3v) is 5.16. The second-order valence-corrected chi connectivity index (χ2v) is 6.45. The SMILES string of the molecule is C[C@H]1[C@H]2C[C@@H]([C@@H](CN(C)C)/C2=N\O)C1(C)C. The maximum absolute atomic E-state index is 9.23. The molecule has 2 aliphatic carbocycles. The zero-order chi connectivity index (χ0) is 12.1. The highest BCUT2D eigenvalue weighted by atomic mass is 16.4. The lowest BCUT2D eigenvalue weighted by molar-refractivity contribution is 0.128. The smallest absolute Gasteiger partial charge is 0.0651 e. The second kappa shape index (κ2) is 3.73. The minimum Gasteiger partial charge on any atom is -0.411 e. The summed E-state index contributed by atoms with van der Waals surface area (Å²) in [7, 11) is 4.19. The van der Waals surface area contributed by atoms with Crippen molar-refractivity contribution in [1.82, 2.24) is 4.90 Å². The van der Waals surface area contributed by atoms with Gasteiger partial charge in [-0.1, -0.05) is 25.9 Å². The van der Waals surface area contributed by atoms with Gasteiger partial charge in [0.1, 0.15) is 0 Å². The molecule has 0 aliphatic heterocycles. The van der Waals surface area contributed by atoms with Crippen LogP contribution < -0.4 is 0 Å². The number of hydrogen-bond acceptors (Lipinski definition) is 3. The highest BCUT2D eigenvalue weighted by Gasteiger charge is 2.58. The Balaban J connectivity index is 2.27. The van der Waals surface area contributed by atoms with Crippen LogP contribution in [0, 0.1) is 29.1 Å². The molecule has 0 unspecified atom stereocenters. The summed E-state index contributed by atoms with van der Waals surface area (Å²) >= 11 is 0. The van der Waals surface area contributed by atoms with Crippen molar-refractivity contribution in [3.8, 4) is 0 Å². The number of nitrogens with zero attached hydrogens (tertiary/aromatic N) is 2. The number of oxime groups is 1. The quantitative estimate of drug-likeness (QED) is 0.577. The molecule has 2 bridgehead atoms. The van der Waals surface area contributed by atoms with Crippen molar-refractivity contribution >= 4 is 5.71 Å². The van der Waals surface area contributed by atoms with Crippen LogP contribution in [0.15, 0.2) is 5.16 Å². The van der Waals surface area contributed by atoms with Crippen molar-refractivity contribution in [2.45, 2.75) is 27.2 Å². The van der Waals surface area contributed by atoms with Crippen LogP contribution in [0.25, 0.3) is 0 Å². The summed E-state index contributed by atoms with van der Waals surface area (Å²) in [5.41, 5.74) is 1.45. The van der Waals surface area contributed by atoms with E-state index in [0.717, 1.165) is 12.3 Å². The predicted octanol–water partition coefficient (Wildman–Crippen LogP) is 2.31. The van der Waals surface area contributed by atoms with Crippen LogP contribution in [0.5, 0.6) is 0 Å². The second-order valence-electron chi connectivity index (χ2n) is 6.45. The fourth-order valence-corrected chi connectivity index (χ4v) is 3.94. The Morgan fingerprint density at radius 1 is 1.44 bits per heavy atom. The van der Waals surface area contributed by atoms with Gasteiger partial charge >= 0.3 is 0 Å². The van der Waals surface area contributed by atoms with E-state index in [-0.39, 0.29) is 0 Å². The molecule has 0 aromatic rings. The first-order valence-electron chi connectivity index (χ1n) is 6.26. The Bertz CT molecular complexity index is 309. The molecule has 0 radical (unpaired) electrons. The van der Waals surface area contributed by atoms with Crippen LogP contribution in [-0.2, 0) is 0 Å². The Kier molecular flexibility index (Phi) is 2.77. The number of fused-ring (bicyclic) bond motifs is 2. The van der Waals surface area contributed by atoms with Gasteiger partial charge in [0, 0.05) is 18.4 Å². The maximum Gasteiger partial charge on any atom is 0.0651 e. The fraction of sp³-hybridized carbons (Fsp3) is 0.923. The maximum atomic E-state index is 9.23. The van der Waals surface area contributed by atoms with Crippen molar-refractivity contribution in [1.29, 1.82) is 0 Å². The van der Waals surface area contributed by atoms with E-state index in [0.29, 0.717) is 29.1 Å². The molecular formula is C13H24N2O. The summed E-state index contributed by atoms with van der Waals surface area (Å²) in [6.45, 7) is 8.07. The van der Waals surface area contributed by atoms with Gasteiger partial charge in [-0.3, -0.25) is 0 Å². The number of hydrogen-bond donors (Lipinski definition) is 1. The van der Waals surface area contributed by atoms with E-state index >= 15 is 0 Å². The average Bonchev–Trinajstić information content (AvgIpc) is 2.63. The number of rotatable bonds is 2. The molecule has 0 spiro atoms. The molecular weight excluding hydrogens is 200 g/mol. The Morgan fingerprint density at radius 2 is 2.06 bits per heavy atom. The summed E-state index contributed by atoms with van der Waals surface area (Å²) in [6.07, 6.45) is 1.21. The van der Waals surface area contributed by atoms with Crippen molar-refractivity contribution in [2.75, 3.05) is 20.6 Å². The molecule has 16 heavy (non-hydrogen) atoms. The predicted molar refractivity (Wildman–Crippen MR) is 65.8 cm³/mol. The molecule has 1 N–H and O–H groups in total. The Hall–Kier alpha value is -0.570. The summed E-state index contributed by atoms with van der Waals surface area (Å²) in [6, 6.07) is 0. The minimum absolute atomic E-state index is 0.388. The van der Waals surface area contributed by atoms with Gasteiger partial charge in [0.15, 0.2) is 0 Å². The summed E-state index contributed by atoms with van der Waals surface area (Å²) in [5, 5.41) is 12.8. The normalized spacial score (nSPS) is 43.5. The standard InChI is InChI=1S/C13H24N2O/c1-8-9-6-11(13(8,2)3)10(7-15(4)5)12(9)14-16/h8-11,16H,6-7H2,1-5H3/b14-12-/t8-,9+,10+,11-/m0/s1. The van der Waals surface area contributed by atoms with E-state index in [9.17, 15) is 5.21 Å². The van der Waals surface area contributed by atoms with Gasteiger partial charge in [-0.15, -0.1) is 0 Å². The molecule has 92 valence electrons. The van der Waals surface area contributed by atoms with Gasteiger partial charge in [0.2, 0.25) is 0 Å². The molecule has 3 nitrogen and oxygen atoms in total. The van der Waals surface area contributed by atoms with Crippen molar-refractivity contribution in [3.05, 3.63) is 0 Å². The van der Waals surface area contributed by atoms with E-state index < -0.39 is 0 Å². The summed E-state index contributed by atoms with van der Waals surface area (Å²) in [5.74, 6) is 2.29. The van der Waals surface area contributed by atoms with Gasteiger partial charge < -0.3 is 10.1 Å². The van der Waals surface area contributed by atoms with E-state index in [1.165, 1.54) is 6.42 Å². The van der Waals surface area contributed by atoms with E-state index in [2.05, 4.69) is 44.9 Å². The van der Waals surface area contributed by atoms with E-state index in [1.54, 1.807) is 0 Å². The van der Waals surface area contributed by atoms with Crippen LogP contribution in [0.1, 0.15) is 27.2 Å². The monoisotopic (exact) mass is 224 g/mol. The average molecular weight is 224 g/mol. The zero-order valence-corrected chi connectivity index (χ0v) is 11.1. The molecule has 2 fully saturated rings. The molecule has 0 aromatic carbocycles. The van der Waals surface area contributed by atoms with E-state index in [1.807, 2.05) is 0 Å². The Morgan fingerprint density at radius 3 is 2.56 bits per heavy atom. The summed E-state index contributed by atoms with van der Waals surface area (Å²) in [4.78, 5) is 2.21. The fourth-order valence-electron chi connectivity index (χ4n) is 3.94. The molecule has 0 saturated heterocycles. The van der Waals surface area contributed by atoms with E-state index in [4.69, 9.17) is 0 Å². The first kappa shape index (κ1) is 11.9. The Labute approximate surface area is 98.5 Å². The minimum atomic E-state index is 0.388. The van der Waals surface area contributed by atoms with Gasteiger partial charge in [-0.05, 0) is 37.8 Å². The van der Waals surface area contributed by atoms with Crippen molar-refractivity contribution in [3.63, 3.8) is 0 Å². The lowest BCUT2D eigenvalue weighted by atomic mass is 9.64. The van der Waals surface area contributed by atoms with Crippen molar-refractivity contribution < 1.29 is 5.21 Å². The van der Waals surface area contributed by atoms with Crippen LogP contribution in [0.3, 0.4) is 0 Å².